The fraction of sp³-hybridized carbons (Fsp3) is 0.412. The lowest BCUT2D eigenvalue weighted by Gasteiger charge is -2.15. The number of nitrogens with two attached hydrogens (primary N) is 1. The van der Waals surface area contributed by atoms with E-state index in [2.05, 4.69) is 10.3 Å². The lowest BCUT2D eigenvalue weighted by molar-refractivity contribution is 0.0937. The number of amides is 1. The van der Waals surface area contributed by atoms with E-state index in [4.69, 9.17) is 5.73 Å². The molecule has 1 aliphatic carbocycles. The summed E-state index contributed by atoms with van der Waals surface area (Å²) in [6, 6.07) is 6.41. The van der Waals surface area contributed by atoms with Gasteiger partial charge < -0.3 is 11.1 Å². The number of carbonyl (C=O) groups excluding carboxylic acids is 1. The molecule has 4 nitrogen and oxygen atoms in total. The van der Waals surface area contributed by atoms with Crippen LogP contribution in [0, 0.1) is 18.7 Å². The quantitative estimate of drug-likeness (QED) is 0.772. The Labute approximate surface area is 163 Å². The lowest BCUT2D eigenvalue weighted by atomic mass is 10.1. The van der Waals surface area contributed by atoms with Crippen LogP contribution in [0.5, 0.6) is 0 Å². The Balaban J connectivity index is 0.00000156. The third-order valence-electron chi connectivity index (χ3n) is 4.08. The molecule has 0 saturated heterocycles. The van der Waals surface area contributed by atoms with Crippen LogP contribution in [0.15, 0.2) is 24.3 Å². The monoisotopic (exact) mass is 405 g/mol. The molecule has 1 aromatic carbocycles. The van der Waals surface area contributed by atoms with E-state index in [-0.39, 0.29) is 42.6 Å². The van der Waals surface area contributed by atoms with Gasteiger partial charge in [0.1, 0.15) is 10.7 Å². The number of rotatable bonds is 6. The molecule has 8 heteroatoms. The molecule has 0 radical (unpaired) electrons. The average Bonchev–Trinajstić information content (AvgIpc) is 3.30. The Morgan fingerprint density at radius 2 is 2.00 bits per heavy atom. The van der Waals surface area contributed by atoms with Gasteiger partial charge in [0.15, 0.2) is 0 Å². The van der Waals surface area contributed by atoms with Gasteiger partial charge in [-0.05, 0) is 43.4 Å². The maximum absolute atomic E-state index is 12.9. The van der Waals surface area contributed by atoms with Crippen molar-refractivity contribution in [2.75, 3.05) is 6.54 Å². The number of benzene rings is 1. The Morgan fingerprint density at radius 1 is 1.36 bits per heavy atom. The topological polar surface area (TPSA) is 68.0 Å². The van der Waals surface area contributed by atoms with E-state index in [0.717, 1.165) is 29.1 Å². The van der Waals surface area contributed by atoms with Gasteiger partial charge >= 0.3 is 0 Å². The van der Waals surface area contributed by atoms with Crippen molar-refractivity contribution in [2.24, 2.45) is 11.7 Å². The van der Waals surface area contributed by atoms with Crippen LogP contribution in [0.4, 0.5) is 4.39 Å². The van der Waals surface area contributed by atoms with E-state index in [1.54, 1.807) is 12.1 Å². The SMILES string of the molecule is Cc1nc(Cc2ccc(F)cc2)sc1C(=O)NC(CN)C1CC1.Cl.Cl. The van der Waals surface area contributed by atoms with Crippen molar-refractivity contribution < 1.29 is 9.18 Å². The summed E-state index contributed by atoms with van der Waals surface area (Å²) in [5, 5.41) is 3.88. The van der Waals surface area contributed by atoms with Crippen LogP contribution in [0.25, 0.3) is 0 Å². The molecule has 1 fully saturated rings. The predicted molar refractivity (Wildman–Crippen MR) is 104 cm³/mol. The smallest absolute Gasteiger partial charge is 0.263 e. The number of carbonyl (C=O) groups is 1. The zero-order valence-corrected chi connectivity index (χ0v) is 16.3. The minimum absolute atomic E-state index is 0. The van der Waals surface area contributed by atoms with Crippen molar-refractivity contribution >= 4 is 42.1 Å². The van der Waals surface area contributed by atoms with Crippen molar-refractivity contribution in [3.05, 3.63) is 51.2 Å². The fourth-order valence-corrected chi connectivity index (χ4v) is 3.62. The van der Waals surface area contributed by atoms with E-state index in [1.165, 1.54) is 23.5 Å². The minimum Gasteiger partial charge on any atom is -0.347 e. The summed E-state index contributed by atoms with van der Waals surface area (Å²) in [5.74, 6) is 0.181. The molecule has 2 aromatic rings. The number of hydrogen-bond donors (Lipinski definition) is 2. The van der Waals surface area contributed by atoms with Crippen LogP contribution >= 0.6 is 36.2 Å². The highest BCUT2D eigenvalue weighted by atomic mass is 35.5. The van der Waals surface area contributed by atoms with Crippen LogP contribution in [0.2, 0.25) is 0 Å². The zero-order valence-electron chi connectivity index (χ0n) is 13.8. The van der Waals surface area contributed by atoms with E-state index >= 15 is 0 Å². The first-order valence-electron chi connectivity index (χ1n) is 7.78. The minimum atomic E-state index is -0.253. The first-order valence-corrected chi connectivity index (χ1v) is 8.60. The summed E-state index contributed by atoms with van der Waals surface area (Å²) >= 11 is 1.39. The second-order valence-electron chi connectivity index (χ2n) is 5.98. The van der Waals surface area contributed by atoms with Gasteiger partial charge in [-0.2, -0.15) is 0 Å². The Kier molecular flexibility index (Phi) is 8.28. The summed E-state index contributed by atoms with van der Waals surface area (Å²) in [5.41, 5.74) is 7.45. The van der Waals surface area contributed by atoms with Gasteiger partial charge in [-0.15, -0.1) is 36.2 Å². The van der Waals surface area contributed by atoms with Gasteiger partial charge in [0.05, 0.1) is 10.7 Å². The van der Waals surface area contributed by atoms with Crippen LogP contribution in [-0.2, 0) is 6.42 Å². The molecular formula is C17H22Cl2FN3OS. The van der Waals surface area contributed by atoms with Gasteiger partial charge in [0.25, 0.3) is 5.91 Å². The number of aromatic nitrogens is 1. The molecule has 1 atom stereocenters. The van der Waals surface area contributed by atoms with Gasteiger partial charge in [0, 0.05) is 19.0 Å². The highest BCUT2D eigenvalue weighted by Crippen LogP contribution is 2.32. The van der Waals surface area contributed by atoms with Crippen molar-refractivity contribution in [3.8, 4) is 0 Å². The predicted octanol–water partition coefficient (Wildman–Crippen LogP) is 3.49. The standard InChI is InChI=1S/C17H20FN3OS.2ClH/c1-10-16(17(22)21-14(9-19)12-4-5-12)23-15(20-10)8-11-2-6-13(18)7-3-11;;/h2-3,6-7,12,14H,4-5,8-9,19H2,1H3,(H,21,22);2*1H. The largest absolute Gasteiger partial charge is 0.347 e. The van der Waals surface area contributed by atoms with Crippen molar-refractivity contribution in [2.45, 2.75) is 32.2 Å². The molecule has 3 rings (SSSR count). The number of hydrogen-bond acceptors (Lipinski definition) is 4. The normalized spacial score (nSPS) is 14.2. The molecule has 1 aliphatic rings. The van der Waals surface area contributed by atoms with E-state index in [0.29, 0.717) is 23.8 Å². The molecule has 1 amide bonds. The van der Waals surface area contributed by atoms with Crippen molar-refractivity contribution in [3.63, 3.8) is 0 Å². The molecule has 3 N–H and O–H groups in total. The zero-order chi connectivity index (χ0) is 16.4. The van der Waals surface area contributed by atoms with Crippen molar-refractivity contribution in [1.29, 1.82) is 0 Å². The maximum atomic E-state index is 12.9. The second-order valence-corrected chi connectivity index (χ2v) is 7.06. The van der Waals surface area contributed by atoms with E-state index in [1.807, 2.05) is 6.92 Å². The molecule has 0 aliphatic heterocycles. The van der Waals surface area contributed by atoms with Gasteiger partial charge in [-0.25, -0.2) is 9.37 Å². The van der Waals surface area contributed by atoms with Crippen LogP contribution < -0.4 is 11.1 Å². The Hall–Kier alpha value is -1.21. The van der Waals surface area contributed by atoms with Crippen LogP contribution in [-0.4, -0.2) is 23.5 Å². The third-order valence-corrected chi connectivity index (χ3v) is 5.23. The summed E-state index contributed by atoms with van der Waals surface area (Å²) < 4.78 is 12.9. The van der Waals surface area contributed by atoms with Crippen LogP contribution in [0.3, 0.4) is 0 Å². The summed E-state index contributed by atoms with van der Waals surface area (Å²) in [6.45, 7) is 2.31. The van der Waals surface area contributed by atoms with E-state index in [9.17, 15) is 9.18 Å². The second kappa shape index (κ2) is 9.48. The molecule has 0 bridgehead atoms. The fourth-order valence-electron chi connectivity index (χ4n) is 2.62. The summed E-state index contributed by atoms with van der Waals surface area (Å²) in [6.07, 6.45) is 2.88. The van der Waals surface area contributed by atoms with E-state index < -0.39 is 0 Å². The molecule has 1 heterocycles. The molecule has 1 unspecified atom stereocenters. The molecule has 0 spiro atoms. The summed E-state index contributed by atoms with van der Waals surface area (Å²) in [7, 11) is 0. The molecular weight excluding hydrogens is 384 g/mol. The summed E-state index contributed by atoms with van der Waals surface area (Å²) in [4.78, 5) is 17.5. The number of nitrogens with zero attached hydrogens (tertiary/aromatic N) is 1. The molecule has 1 saturated carbocycles. The number of aryl methyl sites for hydroxylation is 1. The number of thiazole rings is 1. The maximum Gasteiger partial charge on any atom is 0.263 e. The van der Waals surface area contributed by atoms with Gasteiger partial charge in [-0.3, -0.25) is 4.79 Å². The molecule has 138 valence electrons. The average molecular weight is 406 g/mol. The lowest BCUT2D eigenvalue weighted by Crippen LogP contribution is -2.41. The van der Waals surface area contributed by atoms with Gasteiger partial charge in [0.2, 0.25) is 0 Å². The highest BCUT2D eigenvalue weighted by molar-refractivity contribution is 7.13. The highest BCUT2D eigenvalue weighted by Gasteiger charge is 2.32. The number of nitrogens with one attached hydrogen (secondary N) is 1. The Morgan fingerprint density at radius 3 is 2.56 bits per heavy atom. The molecule has 1 aromatic heterocycles. The molecule has 25 heavy (non-hydrogen) atoms. The van der Waals surface area contributed by atoms with Crippen LogP contribution in [0.1, 0.15) is 38.8 Å². The third kappa shape index (κ3) is 5.64. The Bertz CT molecular complexity index is 704. The number of halogens is 3. The van der Waals surface area contributed by atoms with Gasteiger partial charge in [-0.1, -0.05) is 12.1 Å². The first kappa shape index (κ1) is 21.8. The van der Waals surface area contributed by atoms with Crippen molar-refractivity contribution in [1.82, 2.24) is 10.3 Å². The first-order chi connectivity index (χ1) is 11.1.